The zero-order valence-corrected chi connectivity index (χ0v) is 17.7. The molecule has 3 aromatic rings. The van der Waals surface area contributed by atoms with E-state index in [1.807, 2.05) is 72.5 Å². The Bertz CT molecular complexity index is 1090. The van der Waals surface area contributed by atoms with Crippen LogP contribution in [-0.4, -0.2) is 42.9 Å². The molecule has 30 heavy (non-hydrogen) atoms. The van der Waals surface area contributed by atoms with Crippen LogP contribution in [-0.2, 0) is 4.79 Å². The van der Waals surface area contributed by atoms with Gasteiger partial charge in [-0.3, -0.25) is 9.59 Å². The number of piperazine rings is 1. The van der Waals surface area contributed by atoms with E-state index in [0.717, 1.165) is 16.5 Å². The number of benzene rings is 3. The highest BCUT2D eigenvalue weighted by Gasteiger charge is 2.24. The smallest absolute Gasteiger partial charge is 0.255 e. The van der Waals surface area contributed by atoms with Gasteiger partial charge in [0.15, 0.2) is 0 Å². The number of hydrogen-bond donors (Lipinski definition) is 1. The number of nitrogens with one attached hydrogen (secondary N) is 1. The highest BCUT2D eigenvalue weighted by molar-refractivity contribution is 6.34. The van der Waals surface area contributed by atoms with Crippen LogP contribution in [0.2, 0.25) is 5.02 Å². The number of carbonyl (C=O) groups is 2. The van der Waals surface area contributed by atoms with Crippen molar-refractivity contribution in [2.45, 2.75) is 13.3 Å². The van der Waals surface area contributed by atoms with Gasteiger partial charge in [-0.2, -0.15) is 0 Å². The first-order valence-electron chi connectivity index (χ1n) is 10.2. The van der Waals surface area contributed by atoms with Crippen LogP contribution < -0.4 is 10.2 Å². The summed E-state index contributed by atoms with van der Waals surface area (Å²) in [5, 5.41) is 5.73. The van der Waals surface area contributed by atoms with Gasteiger partial charge >= 0.3 is 0 Å². The predicted molar refractivity (Wildman–Crippen MR) is 122 cm³/mol. The number of halogens is 1. The molecule has 0 unspecified atom stereocenters. The van der Waals surface area contributed by atoms with E-state index >= 15 is 0 Å². The highest BCUT2D eigenvalue weighted by atomic mass is 35.5. The number of amides is 2. The standard InChI is InChI=1S/C24H24ClN3O2/c1-2-22(29)27-12-14-28(15-13-27)23-20(25)8-5-9-21(23)26-24(30)19-11-10-17-6-3-4-7-18(17)16-19/h3-11,16H,2,12-15H2,1H3,(H,26,30). The van der Waals surface area contributed by atoms with E-state index < -0.39 is 0 Å². The lowest BCUT2D eigenvalue weighted by atomic mass is 10.1. The normalized spacial score (nSPS) is 14.1. The molecule has 1 saturated heterocycles. The third kappa shape index (κ3) is 4.12. The lowest BCUT2D eigenvalue weighted by Gasteiger charge is -2.37. The molecule has 0 aliphatic carbocycles. The summed E-state index contributed by atoms with van der Waals surface area (Å²) in [6.07, 6.45) is 0.513. The van der Waals surface area contributed by atoms with E-state index in [-0.39, 0.29) is 11.8 Å². The molecule has 3 aromatic carbocycles. The van der Waals surface area contributed by atoms with Crippen LogP contribution in [0.15, 0.2) is 60.7 Å². The predicted octanol–water partition coefficient (Wildman–Crippen LogP) is 4.80. The van der Waals surface area contributed by atoms with Crippen molar-refractivity contribution in [3.63, 3.8) is 0 Å². The summed E-state index contributed by atoms with van der Waals surface area (Å²) in [7, 11) is 0. The minimum atomic E-state index is -0.177. The SMILES string of the molecule is CCC(=O)N1CCN(c2c(Cl)cccc2NC(=O)c2ccc3ccccc3c2)CC1. The Morgan fingerprint density at radius 3 is 2.40 bits per heavy atom. The third-order valence-electron chi connectivity index (χ3n) is 5.50. The average Bonchev–Trinajstić information content (AvgIpc) is 2.78. The van der Waals surface area contributed by atoms with Gasteiger partial charge in [0, 0.05) is 38.2 Å². The van der Waals surface area contributed by atoms with Crippen LogP contribution in [0.1, 0.15) is 23.7 Å². The number of anilines is 2. The van der Waals surface area contributed by atoms with E-state index in [1.54, 1.807) is 0 Å². The summed E-state index contributed by atoms with van der Waals surface area (Å²) >= 11 is 6.52. The van der Waals surface area contributed by atoms with Crippen molar-refractivity contribution >= 4 is 45.6 Å². The molecule has 0 radical (unpaired) electrons. The van der Waals surface area contributed by atoms with Gasteiger partial charge in [0.1, 0.15) is 0 Å². The van der Waals surface area contributed by atoms with Crippen molar-refractivity contribution in [3.8, 4) is 0 Å². The number of fused-ring (bicyclic) bond motifs is 1. The lowest BCUT2D eigenvalue weighted by Crippen LogP contribution is -2.48. The number of para-hydroxylation sites is 1. The summed E-state index contributed by atoms with van der Waals surface area (Å²) in [5.74, 6) is -0.0114. The highest BCUT2D eigenvalue weighted by Crippen LogP contribution is 2.35. The molecule has 1 fully saturated rings. The monoisotopic (exact) mass is 421 g/mol. The molecule has 1 heterocycles. The Balaban J connectivity index is 1.55. The number of rotatable bonds is 4. The molecule has 1 aliphatic heterocycles. The van der Waals surface area contributed by atoms with Crippen LogP contribution in [0.25, 0.3) is 10.8 Å². The molecule has 0 spiro atoms. The summed E-state index contributed by atoms with van der Waals surface area (Å²) in [5.41, 5.74) is 2.07. The summed E-state index contributed by atoms with van der Waals surface area (Å²) in [6, 6.07) is 19.2. The van der Waals surface area contributed by atoms with E-state index in [2.05, 4.69) is 10.2 Å². The van der Waals surface area contributed by atoms with Crippen LogP contribution >= 0.6 is 11.6 Å². The van der Waals surface area contributed by atoms with Crippen molar-refractivity contribution < 1.29 is 9.59 Å². The molecule has 6 heteroatoms. The Hall–Kier alpha value is -3.05. The van der Waals surface area contributed by atoms with E-state index in [0.29, 0.717) is 48.9 Å². The second kappa shape index (κ2) is 8.76. The molecule has 154 valence electrons. The van der Waals surface area contributed by atoms with Gasteiger partial charge in [0.05, 0.1) is 16.4 Å². The van der Waals surface area contributed by atoms with Crippen LogP contribution in [0.5, 0.6) is 0 Å². The molecule has 4 rings (SSSR count). The molecule has 1 N–H and O–H groups in total. The van der Waals surface area contributed by atoms with E-state index in [1.165, 1.54) is 0 Å². The number of carbonyl (C=O) groups excluding carboxylic acids is 2. The van der Waals surface area contributed by atoms with Crippen LogP contribution in [0.3, 0.4) is 0 Å². The Labute approximate surface area is 181 Å². The molecular weight excluding hydrogens is 398 g/mol. The molecule has 0 aromatic heterocycles. The quantitative estimate of drug-likeness (QED) is 0.658. The maximum Gasteiger partial charge on any atom is 0.255 e. The van der Waals surface area contributed by atoms with Crippen molar-refractivity contribution in [2.24, 2.45) is 0 Å². The third-order valence-corrected chi connectivity index (χ3v) is 5.80. The van der Waals surface area contributed by atoms with Gasteiger partial charge in [-0.25, -0.2) is 0 Å². The molecule has 0 bridgehead atoms. The maximum atomic E-state index is 13.0. The largest absolute Gasteiger partial charge is 0.365 e. The fourth-order valence-corrected chi connectivity index (χ4v) is 4.16. The van der Waals surface area contributed by atoms with Gasteiger partial charge in [-0.05, 0) is 35.0 Å². The molecule has 0 atom stereocenters. The van der Waals surface area contributed by atoms with Gasteiger partial charge in [0.25, 0.3) is 5.91 Å². The number of hydrogen-bond acceptors (Lipinski definition) is 3. The maximum absolute atomic E-state index is 13.0. The first-order chi connectivity index (χ1) is 14.6. The number of nitrogens with zero attached hydrogens (tertiary/aromatic N) is 2. The lowest BCUT2D eigenvalue weighted by molar-refractivity contribution is -0.131. The molecule has 0 saturated carbocycles. The molecule has 5 nitrogen and oxygen atoms in total. The van der Waals surface area contributed by atoms with E-state index in [4.69, 9.17) is 11.6 Å². The zero-order valence-electron chi connectivity index (χ0n) is 16.9. The second-order valence-electron chi connectivity index (χ2n) is 7.37. The van der Waals surface area contributed by atoms with Crippen LogP contribution in [0, 0.1) is 0 Å². The van der Waals surface area contributed by atoms with Gasteiger partial charge in [0.2, 0.25) is 5.91 Å². The van der Waals surface area contributed by atoms with Crippen molar-refractivity contribution in [1.29, 1.82) is 0 Å². The fraction of sp³-hybridized carbons (Fsp3) is 0.250. The van der Waals surface area contributed by atoms with Crippen LogP contribution in [0.4, 0.5) is 11.4 Å². The van der Waals surface area contributed by atoms with E-state index in [9.17, 15) is 9.59 Å². The summed E-state index contributed by atoms with van der Waals surface area (Å²) in [4.78, 5) is 28.9. The Kier molecular flexibility index (Phi) is 5.91. The van der Waals surface area contributed by atoms with Crippen molar-refractivity contribution in [2.75, 3.05) is 36.4 Å². The first-order valence-corrected chi connectivity index (χ1v) is 10.6. The molecular formula is C24H24ClN3O2. The summed E-state index contributed by atoms with van der Waals surface area (Å²) < 4.78 is 0. The summed E-state index contributed by atoms with van der Waals surface area (Å²) in [6.45, 7) is 4.53. The molecule has 2 amide bonds. The fourth-order valence-electron chi connectivity index (χ4n) is 3.87. The van der Waals surface area contributed by atoms with Gasteiger partial charge in [-0.1, -0.05) is 54.9 Å². The Morgan fingerprint density at radius 1 is 0.933 bits per heavy atom. The Morgan fingerprint density at radius 2 is 1.67 bits per heavy atom. The van der Waals surface area contributed by atoms with Crippen molar-refractivity contribution in [1.82, 2.24) is 4.90 Å². The zero-order chi connectivity index (χ0) is 21.1. The average molecular weight is 422 g/mol. The topological polar surface area (TPSA) is 52.7 Å². The first kappa shape index (κ1) is 20.2. The van der Waals surface area contributed by atoms with Crippen molar-refractivity contribution in [3.05, 3.63) is 71.2 Å². The molecule has 1 aliphatic rings. The van der Waals surface area contributed by atoms with Gasteiger partial charge in [-0.15, -0.1) is 0 Å². The van der Waals surface area contributed by atoms with Gasteiger partial charge < -0.3 is 15.1 Å². The minimum Gasteiger partial charge on any atom is -0.365 e. The minimum absolute atomic E-state index is 0.165. The second-order valence-corrected chi connectivity index (χ2v) is 7.78.